The van der Waals surface area contributed by atoms with Gasteiger partial charge in [-0.05, 0) is 49.4 Å². The van der Waals surface area contributed by atoms with Gasteiger partial charge in [0.25, 0.3) is 0 Å². The number of ketones is 1. The van der Waals surface area contributed by atoms with Crippen LogP contribution in [0.1, 0.15) is 40.2 Å². The summed E-state index contributed by atoms with van der Waals surface area (Å²) >= 11 is 1.70. The van der Waals surface area contributed by atoms with Crippen molar-refractivity contribution in [1.29, 1.82) is 0 Å². The molecule has 108 valence electrons. The molecular formula is C17H18N2OS. The zero-order valence-corrected chi connectivity index (χ0v) is 13.0. The number of Topliss-reactive ketones (excluding diaryl/α,β-unsaturated/α-hetero) is 1. The Hall–Kier alpha value is -1.68. The van der Waals surface area contributed by atoms with E-state index in [0.717, 1.165) is 42.1 Å². The van der Waals surface area contributed by atoms with Crippen molar-refractivity contribution in [1.82, 2.24) is 4.98 Å². The topological polar surface area (TPSA) is 33.2 Å². The van der Waals surface area contributed by atoms with E-state index in [-0.39, 0.29) is 5.78 Å². The fourth-order valence-corrected chi connectivity index (χ4v) is 4.43. The van der Waals surface area contributed by atoms with Crippen molar-refractivity contribution in [3.05, 3.63) is 34.3 Å². The predicted molar refractivity (Wildman–Crippen MR) is 86.4 cm³/mol. The molecule has 0 unspecified atom stereocenters. The number of fused-ring (bicyclic) bond motifs is 2. The van der Waals surface area contributed by atoms with Crippen molar-refractivity contribution in [2.45, 2.75) is 32.1 Å². The standard InChI is InChI=1S/C17H18N2OS/c1-19-9-3-4-11-10-12(7-8-13(11)19)17-18-16-14(20)5-2-6-15(16)21-17/h7-8,10H,2-6,9H2,1H3. The molecule has 0 amide bonds. The first-order chi connectivity index (χ1) is 10.2. The summed E-state index contributed by atoms with van der Waals surface area (Å²) in [6.07, 6.45) is 4.98. The molecule has 3 nitrogen and oxygen atoms in total. The Bertz CT molecular complexity index is 720. The Balaban J connectivity index is 1.76. The molecule has 0 atom stereocenters. The summed E-state index contributed by atoms with van der Waals surface area (Å²) in [4.78, 5) is 20.1. The van der Waals surface area contributed by atoms with Crippen LogP contribution in [0.2, 0.25) is 0 Å². The van der Waals surface area contributed by atoms with E-state index < -0.39 is 0 Å². The van der Waals surface area contributed by atoms with Crippen LogP contribution in [-0.2, 0) is 12.8 Å². The first kappa shape index (κ1) is 13.0. The number of carbonyl (C=O) groups excluding carboxylic acids is 1. The maximum absolute atomic E-state index is 11.9. The molecule has 0 N–H and O–H groups in total. The van der Waals surface area contributed by atoms with E-state index in [9.17, 15) is 4.79 Å². The van der Waals surface area contributed by atoms with Gasteiger partial charge >= 0.3 is 0 Å². The average molecular weight is 298 g/mol. The molecule has 21 heavy (non-hydrogen) atoms. The first-order valence-electron chi connectivity index (χ1n) is 7.60. The predicted octanol–water partition coefficient (Wildman–Crippen LogP) is 3.71. The van der Waals surface area contributed by atoms with Crippen LogP contribution in [0.25, 0.3) is 10.6 Å². The number of rotatable bonds is 1. The molecule has 2 aliphatic rings. The van der Waals surface area contributed by atoms with Crippen molar-refractivity contribution in [2.75, 3.05) is 18.5 Å². The van der Waals surface area contributed by atoms with E-state index >= 15 is 0 Å². The number of aryl methyl sites for hydroxylation is 2. The first-order valence-corrected chi connectivity index (χ1v) is 8.41. The number of thiazole rings is 1. The third kappa shape index (κ3) is 2.18. The molecule has 0 bridgehead atoms. The largest absolute Gasteiger partial charge is 0.374 e. The molecule has 0 saturated heterocycles. The van der Waals surface area contributed by atoms with Crippen LogP contribution in [-0.4, -0.2) is 24.4 Å². The average Bonchev–Trinajstić information content (AvgIpc) is 2.93. The third-order valence-corrected chi connectivity index (χ3v) is 5.61. The Kier molecular flexibility index (Phi) is 3.07. The molecular weight excluding hydrogens is 280 g/mol. The second-order valence-electron chi connectivity index (χ2n) is 5.94. The van der Waals surface area contributed by atoms with Crippen molar-refractivity contribution in [2.24, 2.45) is 0 Å². The summed E-state index contributed by atoms with van der Waals surface area (Å²) in [5.41, 5.74) is 4.63. The summed E-state index contributed by atoms with van der Waals surface area (Å²) in [5.74, 6) is 0.219. The molecule has 0 spiro atoms. The van der Waals surface area contributed by atoms with E-state index in [1.54, 1.807) is 11.3 Å². The van der Waals surface area contributed by atoms with Crippen LogP contribution in [0, 0.1) is 0 Å². The van der Waals surface area contributed by atoms with Gasteiger partial charge in [0.05, 0.1) is 0 Å². The normalized spacial score (nSPS) is 17.6. The van der Waals surface area contributed by atoms with Crippen molar-refractivity contribution < 1.29 is 4.79 Å². The highest BCUT2D eigenvalue weighted by Crippen LogP contribution is 2.35. The summed E-state index contributed by atoms with van der Waals surface area (Å²) < 4.78 is 0. The fraction of sp³-hybridized carbons (Fsp3) is 0.412. The van der Waals surface area contributed by atoms with E-state index in [1.165, 1.54) is 22.5 Å². The van der Waals surface area contributed by atoms with E-state index in [0.29, 0.717) is 6.42 Å². The maximum atomic E-state index is 11.9. The minimum atomic E-state index is 0.219. The van der Waals surface area contributed by atoms with Crippen molar-refractivity contribution >= 4 is 22.8 Å². The van der Waals surface area contributed by atoms with Gasteiger partial charge in [0.2, 0.25) is 0 Å². The van der Waals surface area contributed by atoms with E-state index in [1.807, 2.05) is 0 Å². The van der Waals surface area contributed by atoms with Crippen LogP contribution >= 0.6 is 11.3 Å². The summed E-state index contributed by atoms with van der Waals surface area (Å²) in [6.45, 7) is 1.13. The van der Waals surface area contributed by atoms with Gasteiger partial charge in [0, 0.05) is 36.1 Å². The Morgan fingerprint density at radius 3 is 2.95 bits per heavy atom. The smallest absolute Gasteiger partial charge is 0.182 e. The number of benzene rings is 1. The Morgan fingerprint density at radius 1 is 1.19 bits per heavy atom. The maximum Gasteiger partial charge on any atom is 0.182 e. The molecule has 4 heteroatoms. The lowest BCUT2D eigenvalue weighted by Gasteiger charge is -2.27. The molecule has 0 fully saturated rings. The zero-order valence-electron chi connectivity index (χ0n) is 12.2. The highest BCUT2D eigenvalue weighted by molar-refractivity contribution is 7.15. The van der Waals surface area contributed by atoms with Crippen LogP contribution < -0.4 is 4.90 Å². The Labute approximate surface area is 128 Å². The minimum absolute atomic E-state index is 0.219. The quantitative estimate of drug-likeness (QED) is 0.804. The monoisotopic (exact) mass is 298 g/mol. The number of carbonyl (C=O) groups is 1. The van der Waals surface area contributed by atoms with Gasteiger partial charge in [-0.3, -0.25) is 4.79 Å². The molecule has 1 aliphatic heterocycles. The van der Waals surface area contributed by atoms with Crippen LogP contribution in [0.4, 0.5) is 5.69 Å². The molecule has 1 aliphatic carbocycles. The molecule has 2 aromatic rings. The molecule has 4 rings (SSSR count). The van der Waals surface area contributed by atoms with Gasteiger partial charge in [-0.15, -0.1) is 11.3 Å². The van der Waals surface area contributed by atoms with Gasteiger partial charge in [0.15, 0.2) is 5.78 Å². The lowest BCUT2D eigenvalue weighted by Crippen LogP contribution is -2.24. The highest BCUT2D eigenvalue weighted by atomic mass is 32.1. The SMILES string of the molecule is CN1CCCc2cc(-c3nc4c(s3)CCCC4=O)ccc21. The Morgan fingerprint density at radius 2 is 2.10 bits per heavy atom. The molecule has 2 heterocycles. The number of anilines is 1. The number of hydrogen-bond donors (Lipinski definition) is 0. The zero-order chi connectivity index (χ0) is 14.4. The summed E-state index contributed by atoms with van der Waals surface area (Å²) in [7, 11) is 2.15. The van der Waals surface area contributed by atoms with Crippen molar-refractivity contribution in [3.8, 4) is 10.6 Å². The highest BCUT2D eigenvalue weighted by Gasteiger charge is 2.23. The van der Waals surface area contributed by atoms with Gasteiger partial charge in [0.1, 0.15) is 10.7 Å². The van der Waals surface area contributed by atoms with Gasteiger partial charge in [-0.2, -0.15) is 0 Å². The summed E-state index contributed by atoms with van der Waals surface area (Å²) in [6, 6.07) is 6.61. The van der Waals surface area contributed by atoms with E-state index in [2.05, 4.69) is 35.1 Å². The second kappa shape index (κ2) is 4.95. The van der Waals surface area contributed by atoms with E-state index in [4.69, 9.17) is 0 Å². The van der Waals surface area contributed by atoms with Crippen LogP contribution in [0.15, 0.2) is 18.2 Å². The minimum Gasteiger partial charge on any atom is -0.374 e. The molecule has 1 aromatic heterocycles. The third-order valence-electron chi connectivity index (χ3n) is 4.45. The number of nitrogens with zero attached hydrogens (tertiary/aromatic N) is 2. The fourth-order valence-electron chi connectivity index (χ4n) is 3.31. The number of hydrogen-bond acceptors (Lipinski definition) is 4. The number of aromatic nitrogens is 1. The lowest BCUT2D eigenvalue weighted by atomic mass is 9.99. The van der Waals surface area contributed by atoms with Crippen LogP contribution in [0.3, 0.4) is 0 Å². The lowest BCUT2D eigenvalue weighted by molar-refractivity contribution is 0.0968. The van der Waals surface area contributed by atoms with Gasteiger partial charge in [-0.1, -0.05) is 0 Å². The van der Waals surface area contributed by atoms with Crippen LogP contribution in [0.5, 0.6) is 0 Å². The molecule has 0 radical (unpaired) electrons. The van der Waals surface area contributed by atoms with Gasteiger partial charge in [-0.25, -0.2) is 4.98 Å². The molecule has 1 aromatic carbocycles. The van der Waals surface area contributed by atoms with Gasteiger partial charge < -0.3 is 4.90 Å². The summed E-state index contributed by atoms with van der Waals surface area (Å²) in [5, 5.41) is 1.01. The molecule has 0 saturated carbocycles. The van der Waals surface area contributed by atoms with Crippen molar-refractivity contribution in [3.63, 3.8) is 0 Å². The second-order valence-corrected chi connectivity index (χ2v) is 7.02.